The summed E-state index contributed by atoms with van der Waals surface area (Å²) in [5.41, 5.74) is 1.47. The maximum Gasteiger partial charge on any atom is 0.412 e. The average molecular weight is 995 g/mol. The average Bonchev–Trinajstić information content (AvgIpc) is 3.90. The van der Waals surface area contributed by atoms with Crippen molar-refractivity contribution in [2.75, 3.05) is 57.9 Å². The zero-order chi connectivity index (χ0) is 50.4. The van der Waals surface area contributed by atoms with Crippen molar-refractivity contribution >= 4 is 62.4 Å². The Morgan fingerprint density at radius 2 is 1.30 bits per heavy atom. The van der Waals surface area contributed by atoms with E-state index in [0.29, 0.717) is 55.7 Å². The van der Waals surface area contributed by atoms with Crippen LogP contribution in [0.2, 0.25) is 0 Å². The highest BCUT2D eigenvalue weighted by Gasteiger charge is 2.38. The fraction of sp³-hybridized carbons (Fsp3) is 0.490. The summed E-state index contributed by atoms with van der Waals surface area (Å²) in [5, 5.41) is 36.8. The lowest BCUT2D eigenvalue weighted by atomic mass is 9.88. The Morgan fingerprint density at radius 3 is 1.74 bits per heavy atom. The molecule has 2 fully saturated rings. The number of benzene rings is 2. The van der Waals surface area contributed by atoms with Crippen LogP contribution in [0.5, 0.6) is 23.0 Å². The number of aliphatic hydroxyl groups excluding tert-OH is 2. The summed E-state index contributed by atoms with van der Waals surface area (Å²) in [6, 6.07) is 8.98. The van der Waals surface area contributed by atoms with E-state index in [1.165, 1.54) is 78.4 Å². The number of amides is 2. The molecular weight excluding hydrogens is 933 g/mol. The van der Waals surface area contributed by atoms with Gasteiger partial charge in [-0.3, -0.25) is 30.3 Å². The molecule has 2 aliphatic carbocycles. The Balaban J connectivity index is 1.23. The van der Waals surface area contributed by atoms with Crippen LogP contribution < -0.4 is 29.6 Å². The summed E-state index contributed by atoms with van der Waals surface area (Å²) in [6.45, 7) is 15.2. The lowest BCUT2D eigenvalue weighted by Crippen LogP contribution is -2.28. The maximum absolute atomic E-state index is 14.1. The summed E-state index contributed by atoms with van der Waals surface area (Å²) in [6.07, 6.45) is 3.23. The number of allylic oxidation sites excluding steroid dienone is 2. The van der Waals surface area contributed by atoms with Crippen molar-refractivity contribution in [3.8, 4) is 23.0 Å². The largest absolute Gasteiger partial charge is 0.493 e. The van der Waals surface area contributed by atoms with E-state index in [1.54, 1.807) is 20.8 Å². The molecule has 2 saturated carbocycles. The van der Waals surface area contributed by atoms with Gasteiger partial charge in [-0.25, -0.2) is 14.6 Å². The highest BCUT2D eigenvalue weighted by Crippen LogP contribution is 2.43. The monoisotopic (exact) mass is 994 g/mol. The number of ketones is 2. The number of anilines is 2. The molecule has 2 aromatic carbocycles. The van der Waals surface area contributed by atoms with E-state index in [9.17, 15) is 39.5 Å². The molecule has 1 aromatic heterocycles. The van der Waals surface area contributed by atoms with Gasteiger partial charge in [0.25, 0.3) is 5.69 Å². The molecular formula is C49H62N4O14S2. The van der Waals surface area contributed by atoms with Crippen LogP contribution >= 0.6 is 21.6 Å². The number of aromatic nitrogens is 1. The number of nitrogens with one attached hydrogen (secondary N) is 2. The molecule has 0 saturated heterocycles. The van der Waals surface area contributed by atoms with Crippen LogP contribution in [0.1, 0.15) is 93.4 Å². The van der Waals surface area contributed by atoms with Gasteiger partial charge in [-0.2, -0.15) is 0 Å². The summed E-state index contributed by atoms with van der Waals surface area (Å²) < 4.78 is 34.6. The van der Waals surface area contributed by atoms with Gasteiger partial charge in [0.2, 0.25) is 0 Å². The van der Waals surface area contributed by atoms with Gasteiger partial charge in [0.15, 0.2) is 34.6 Å². The van der Waals surface area contributed by atoms with E-state index in [-0.39, 0.29) is 107 Å². The normalized spacial score (nSPS) is 18.3. The molecule has 2 aliphatic rings. The van der Waals surface area contributed by atoms with Gasteiger partial charge in [0.1, 0.15) is 23.4 Å². The third kappa shape index (κ3) is 15.3. The molecule has 5 rings (SSSR count). The van der Waals surface area contributed by atoms with Crippen LogP contribution in [0.3, 0.4) is 0 Å². The Hall–Kier alpha value is -5.83. The van der Waals surface area contributed by atoms with Crippen LogP contribution in [0.15, 0.2) is 71.9 Å². The Morgan fingerprint density at radius 1 is 0.797 bits per heavy atom. The molecule has 1 heterocycles. The molecule has 3 aromatic rings. The van der Waals surface area contributed by atoms with Crippen molar-refractivity contribution in [3.63, 3.8) is 0 Å². The first-order valence-electron chi connectivity index (χ1n) is 22.5. The number of rotatable bonds is 24. The molecule has 69 heavy (non-hydrogen) atoms. The number of aliphatic hydroxyl groups is 2. The number of methoxy groups -OCH3 is 2. The number of carbonyl (C=O) groups excluding carboxylic acids is 4. The van der Waals surface area contributed by atoms with E-state index in [2.05, 4.69) is 28.8 Å². The SMILES string of the molecule is C=C1CC(C(=O)c2cc(OC)c(OCCCCCOc3cc(NC(=O)OC(C)(C)C)c(C(=O)C4CC(=C)C[C@H]4CO)cc3OC)cc2NC(=O)OC[C@H](C)SSc2ccc([N+](=O)[O-])cn2)[C@H](CO)C1. The molecule has 5 atom stereocenters. The minimum Gasteiger partial charge on any atom is -0.493 e. The first-order valence-corrected chi connectivity index (χ1v) is 24.8. The lowest BCUT2D eigenvalue weighted by Gasteiger charge is -2.23. The quantitative estimate of drug-likeness (QED) is 0.0163. The van der Waals surface area contributed by atoms with Gasteiger partial charge in [-0.1, -0.05) is 35.1 Å². The van der Waals surface area contributed by atoms with Gasteiger partial charge in [0, 0.05) is 59.6 Å². The number of unbranched alkanes of at least 4 members (excludes halogenated alkanes) is 2. The molecule has 374 valence electrons. The fourth-order valence-electron chi connectivity index (χ4n) is 8.01. The van der Waals surface area contributed by atoms with Gasteiger partial charge in [-0.15, -0.1) is 0 Å². The lowest BCUT2D eigenvalue weighted by molar-refractivity contribution is -0.385. The van der Waals surface area contributed by atoms with Crippen LogP contribution in [0.25, 0.3) is 0 Å². The van der Waals surface area contributed by atoms with Gasteiger partial charge >= 0.3 is 12.2 Å². The molecule has 0 spiro atoms. The van der Waals surface area contributed by atoms with Gasteiger partial charge in [0.05, 0.1) is 43.7 Å². The summed E-state index contributed by atoms with van der Waals surface area (Å²) in [4.78, 5) is 68.7. The summed E-state index contributed by atoms with van der Waals surface area (Å²) in [5.74, 6) is -1.19. The zero-order valence-corrected chi connectivity index (χ0v) is 41.5. The van der Waals surface area contributed by atoms with Crippen LogP contribution in [0.4, 0.5) is 26.7 Å². The Kier molecular flexibility index (Phi) is 19.7. The van der Waals surface area contributed by atoms with E-state index < -0.39 is 34.5 Å². The molecule has 18 nitrogen and oxygen atoms in total. The summed E-state index contributed by atoms with van der Waals surface area (Å²) >= 11 is 0. The predicted octanol–water partition coefficient (Wildman–Crippen LogP) is 9.87. The summed E-state index contributed by atoms with van der Waals surface area (Å²) in [7, 11) is 5.53. The van der Waals surface area contributed by atoms with Crippen LogP contribution in [-0.4, -0.2) is 102 Å². The van der Waals surface area contributed by atoms with Crippen molar-refractivity contribution in [1.82, 2.24) is 4.98 Å². The van der Waals surface area contributed by atoms with Gasteiger partial charge in [-0.05, 0) is 113 Å². The Bertz CT molecular complexity index is 2360. The molecule has 0 aliphatic heterocycles. The van der Waals surface area contributed by atoms with Crippen molar-refractivity contribution in [3.05, 3.63) is 88.1 Å². The highest BCUT2D eigenvalue weighted by molar-refractivity contribution is 8.76. The van der Waals surface area contributed by atoms with Crippen LogP contribution in [-0.2, 0) is 9.47 Å². The number of ether oxygens (including phenoxy) is 6. The zero-order valence-electron chi connectivity index (χ0n) is 39.8. The number of Topliss-reactive ketones (excluding diaryl/α,β-unsaturated/α-hetero) is 2. The second-order valence-electron chi connectivity index (χ2n) is 18.0. The molecule has 0 radical (unpaired) electrons. The molecule has 20 heteroatoms. The van der Waals surface area contributed by atoms with Crippen molar-refractivity contribution < 1.29 is 62.7 Å². The molecule has 2 amide bonds. The number of nitro groups is 1. The van der Waals surface area contributed by atoms with Gasteiger partial charge < -0.3 is 38.6 Å². The standard InChI is InChI=1S/C49H62N4O14S2/c1-28-16-31(25-54)34(18-28)45(56)36-20-40(62-7)42(22-38(36)51-47(58)66-27-30(3)68-69-44-13-12-33(24-50-44)53(60)61)64-14-10-9-11-15-65-43-23-39(52-48(59)67-49(4,5)6)37(21-41(43)63-8)46(57)35-19-29(2)17-32(35)26-55/h12-13,20-24,30-32,34-35,54-55H,1-2,9-11,14-19,25-27H2,3-8H3,(H,51,58)(H,52,59)/t30-,31-,32-,34?,35?/m0/s1. The predicted molar refractivity (Wildman–Crippen MR) is 263 cm³/mol. The number of pyridine rings is 1. The first kappa shape index (κ1) is 54.1. The van der Waals surface area contributed by atoms with Crippen molar-refractivity contribution in [2.45, 2.75) is 88.5 Å². The van der Waals surface area contributed by atoms with E-state index >= 15 is 0 Å². The first-order chi connectivity index (χ1) is 32.8. The molecule has 4 N–H and O–H groups in total. The smallest absolute Gasteiger partial charge is 0.412 e. The van der Waals surface area contributed by atoms with E-state index in [1.807, 2.05) is 6.92 Å². The number of hydrogen-bond acceptors (Lipinski definition) is 17. The highest BCUT2D eigenvalue weighted by atomic mass is 33.1. The minimum atomic E-state index is -0.818. The molecule has 2 unspecified atom stereocenters. The van der Waals surface area contributed by atoms with E-state index in [4.69, 9.17) is 28.4 Å². The van der Waals surface area contributed by atoms with Crippen molar-refractivity contribution in [2.24, 2.45) is 23.7 Å². The third-order valence-electron chi connectivity index (χ3n) is 11.4. The fourth-order valence-corrected chi connectivity index (χ4v) is 9.87. The third-order valence-corrected chi connectivity index (χ3v) is 14.2. The second-order valence-corrected chi connectivity index (χ2v) is 20.6. The molecule has 0 bridgehead atoms. The second kappa shape index (κ2) is 25.2. The topological polar surface area (TPSA) is 244 Å². The van der Waals surface area contributed by atoms with E-state index in [0.717, 1.165) is 11.1 Å². The van der Waals surface area contributed by atoms with Crippen molar-refractivity contribution in [1.29, 1.82) is 0 Å². The number of nitrogens with zero attached hydrogens (tertiary/aromatic N) is 2. The minimum absolute atomic E-state index is 0.0110. The number of carbonyl (C=O) groups is 4. The van der Waals surface area contributed by atoms with Crippen LogP contribution in [0, 0.1) is 33.8 Å². The Labute approximate surface area is 409 Å². The number of hydrogen-bond donors (Lipinski definition) is 4. The maximum atomic E-state index is 14.1.